The van der Waals surface area contributed by atoms with Crippen LogP contribution in [0.15, 0.2) is 11.5 Å². The van der Waals surface area contributed by atoms with Crippen molar-refractivity contribution < 1.29 is 0 Å². The summed E-state index contributed by atoms with van der Waals surface area (Å²) in [6.07, 6.45) is 8.52. The van der Waals surface area contributed by atoms with Crippen molar-refractivity contribution in [2.45, 2.75) is 37.3 Å². The highest BCUT2D eigenvalue weighted by atomic mass is 32.2. The first-order chi connectivity index (χ1) is 7.76. The summed E-state index contributed by atoms with van der Waals surface area (Å²) in [5.41, 5.74) is 0.429. The zero-order chi connectivity index (χ0) is 11.4. The van der Waals surface area contributed by atoms with Gasteiger partial charge in [-0.1, -0.05) is 31.0 Å². The summed E-state index contributed by atoms with van der Waals surface area (Å²) in [6.45, 7) is 0. The largest absolute Gasteiger partial charge is 0.312 e. The SMILES string of the molecule is Cn1cnnc1SCC1(CS)CCCCC1. The Morgan fingerprint density at radius 2 is 2.19 bits per heavy atom. The van der Waals surface area contributed by atoms with Crippen LogP contribution in [0.2, 0.25) is 0 Å². The van der Waals surface area contributed by atoms with Gasteiger partial charge in [0.1, 0.15) is 6.33 Å². The Kier molecular flexibility index (Phi) is 4.19. The van der Waals surface area contributed by atoms with E-state index >= 15 is 0 Å². The van der Waals surface area contributed by atoms with E-state index in [4.69, 9.17) is 0 Å². The van der Waals surface area contributed by atoms with Crippen LogP contribution < -0.4 is 0 Å². The number of thioether (sulfide) groups is 1. The minimum atomic E-state index is 0.429. The maximum atomic E-state index is 4.55. The van der Waals surface area contributed by atoms with E-state index in [2.05, 4.69) is 22.8 Å². The Morgan fingerprint density at radius 1 is 1.44 bits per heavy atom. The van der Waals surface area contributed by atoms with E-state index in [1.807, 2.05) is 23.4 Å². The summed E-state index contributed by atoms with van der Waals surface area (Å²) in [4.78, 5) is 0. The predicted octanol–water partition coefficient (Wildman–Crippen LogP) is 2.79. The first-order valence-electron chi connectivity index (χ1n) is 5.83. The molecule has 0 radical (unpaired) electrons. The molecule has 5 heteroatoms. The molecule has 1 aromatic rings. The minimum absolute atomic E-state index is 0.429. The lowest BCUT2D eigenvalue weighted by atomic mass is 9.77. The Labute approximate surface area is 107 Å². The molecule has 0 atom stereocenters. The number of hydrogen-bond acceptors (Lipinski definition) is 4. The Bertz CT molecular complexity index is 332. The molecule has 1 saturated carbocycles. The molecule has 0 unspecified atom stereocenters. The van der Waals surface area contributed by atoms with Gasteiger partial charge in [0.15, 0.2) is 5.16 Å². The number of hydrogen-bond donors (Lipinski definition) is 1. The van der Waals surface area contributed by atoms with E-state index < -0.39 is 0 Å². The van der Waals surface area contributed by atoms with Crippen LogP contribution in [0.25, 0.3) is 0 Å². The van der Waals surface area contributed by atoms with Gasteiger partial charge >= 0.3 is 0 Å². The fourth-order valence-corrected chi connectivity index (χ4v) is 4.03. The van der Waals surface area contributed by atoms with Gasteiger partial charge in [-0.2, -0.15) is 12.6 Å². The van der Waals surface area contributed by atoms with Crippen LogP contribution in [0, 0.1) is 5.41 Å². The molecular weight excluding hydrogens is 238 g/mol. The molecule has 1 fully saturated rings. The monoisotopic (exact) mass is 257 g/mol. The molecule has 2 rings (SSSR count). The number of aromatic nitrogens is 3. The summed E-state index contributed by atoms with van der Waals surface area (Å²) >= 11 is 6.37. The zero-order valence-electron chi connectivity index (χ0n) is 9.72. The fourth-order valence-electron chi connectivity index (χ4n) is 2.27. The molecular formula is C11H19N3S2. The average molecular weight is 257 g/mol. The number of rotatable bonds is 4. The second kappa shape index (κ2) is 5.45. The molecule has 16 heavy (non-hydrogen) atoms. The zero-order valence-corrected chi connectivity index (χ0v) is 11.4. The van der Waals surface area contributed by atoms with E-state index in [1.165, 1.54) is 32.1 Å². The summed E-state index contributed by atoms with van der Waals surface area (Å²) in [5, 5.41) is 9.04. The summed E-state index contributed by atoms with van der Waals surface area (Å²) in [6, 6.07) is 0. The molecule has 0 aromatic carbocycles. The van der Waals surface area contributed by atoms with E-state index in [0.717, 1.165) is 16.7 Å². The minimum Gasteiger partial charge on any atom is -0.312 e. The number of nitrogens with zero attached hydrogens (tertiary/aromatic N) is 3. The second-order valence-electron chi connectivity index (χ2n) is 4.73. The standard InChI is InChI=1S/C11H19N3S2/c1-14-9-12-13-10(14)16-8-11(7-15)5-3-2-4-6-11/h9,15H,2-8H2,1H3. The van der Waals surface area contributed by atoms with Gasteiger partial charge in [-0.05, 0) is 24.0 Å². The molecule has 0 bridgehead atoms. The lowest BCUT2D eigenvalue weighted by Crippen LogP contribution is -2.29. The van der Waals surface area contributed by atoms with E-state index in [9.17, 15) is 0 Å². The van der Waals surface area contributed by atoms with Gasteiger partial charge in [0, 0.05) is 12.8 Å². The van der Waals surface area contributed by atoms with Gasteiger partial charge in [-0.15, -0.1) is 10.2 Å². The van der Waals surface area contributed by atoms with Crippen molar-refractivity contribution in [1.82, 2.24) is 14.8 Å². The van der Waals surface area contributed by atoms with Crippen molar-refractivity contribution in [1.29, 1.82) is 0 Å². The summed E-state index contributed by atoms with van der Waals surface area (Å²) in [7, 11) is 2.00. The van der Waals surface area contributed by atoms with Crippen molar-refractivity contribution in [3.8, 4) is 0 Å². The maximum absolute atomic E-state index is 4.55. The molecule has 0 spiro atoms. The third kappa shape index (κ3) is 2.74. The molecule has 0 N–H and O–H groups in total. The van der Waals surface area contributed by atoms with Crippen LogP contribution in [-0.4, -0.2) is 26.3 Å². The molecule has 1 aromatic heterocycles. The van der Waals surface area contributed by atoms with Crippen molar-refractivity contribution >= 4 is 24.4 Å². The third-order valence-corrected chi connectivity index (χ3v) is 5.48. The molecule has 1 heterocycles. The van der Waals surface area contributed by atoms with Crippen molar-refractivity contribution in [2.75, 3.05) is 11.5 Å². The Morgan fingerprint density at radius 3 is 2.75 bits per heavy atom. The van der Waals surface area contributed by atoms with Gasteiger partial charge in [0.2, 0.25) is 0 Å². The molecule has 1 aliphatic rings. The van der Waals surface area contributed by atoms with E-state index in [-0.39, 0.29) is 0 Å². The molecule has 0 amide bonds. The highest BCUT2D eigenvalue weighted by Crippen LogP contribution is 2.40. The topological polar surface area (TPSA) is 30.7 Å². The lowest BCUT2D eigenvalue weighted by Gasteiger charge is -2.35. The third-order valence-electron chi connectivity index (χ3n) is 3.43. The van der Waals surface area contributed by atoms with Gasteiger partial charge in [0.25, 0.3) is 0 Å². The molecule has 0 saturated heterocycles. The molecule has 3 nitrogen and oxygen atoms in total. The van der Waals surface area contributed by atoms with Crippen LogP contribution in [0.1, 0.15) is 32.1 Å². The molecule has 0 aliphatic heterocycles. The molecule has 1 aliphatic carbocycles. The van der Waals surface area contributed by atoms with Crippen LogP contribution >= 0.6 is 24.4 Å². The fraction of sp³-hybridized carbons (Fsp3) is 0.818. The average Bonchev–Trinajstić information content (AvgIpc) is 2.74. The maximum Gasteiger partial charge on any atom is 0.190 e. The lowest BCUT2D eigenvalue weighted by molar-refractivity contribution is 0.258. The van der Waals surface area contributed by atoms with Crippen LogP contribution in [0.5, 0.6) is 0 Å². The van der Waals surface area contributed by atoms with Gasteiger partial charge in [-0.3, -0.25) is 0 Å². The smallest absolute Gasteiger partial charge is 0.190 e. The molecule has 90 valence electrons. The highest BCUT2D eigenvalue weighted by molar-refractivity contribution is 7.99. The summed E-state index contributed by atoms with van der Waals surface area (Å²) in [5.74, 6) is 2.13. The van der Waals surface area contributed by atoms with Crippen molar-refractivity contribution in [3.05, 3.63) is 6.33 Å². The quantitative estimate of drug-likeness (QED) is 0.664. The van der Waals surface area contributed by atoms with E-state index in [0.29, 0.717) is 5.41 Å². The van der Waals surface area contributed by atoms with Gasteiger partial charge < -0.3 is 4.57 Å². The number of thiol groups is 1. The Balaban J connectivity index is 1.94. The highest BCUT2D eigenvalue weighted by Gasteiger charge is 2.31. The van der Waals surface area contributed by atoms with Crippen molar-refractivity contribution in [3.63, 3.8) is 0 Å². The van der Waals surface area contributed by atoms with Crippen LogP contribution in [-0.2, 0) is 7.05 Å². The first-order valence-corrected chi connectivity index (χ1v) is 7.45. The van der Waals surface area contributed by atoms with Gasteiger partial charge in [0.05, 0.1) is 0 Å². The first kappa shape index (κ1) is 12.3. The Hall–Kier alpha value is -0.160. The van der Waals surface area contributed by atoms with E-state index in [1.54, 1.807) is 6.33 Å². The van der Waals surface area contributed by atoms with Crippen molar-refractivity contribution in [2.24, 2.45) is 12.5 Å². The summed E-state index contributed by atoms with van der Waals surface area (Å²) < 4.78 is 1.99. The number of aryl methyl sites for hydroxylation is 1. The second-order valence-corrected chi connectivity index (χ2v) is 5.99. The normalized spacial score (nSPS) is 19.9. The van der Waals surface area contributed by atoms with Crippen LogP contribution in [0.3, 0.4) is 0 Å². The van der Waals surface area contributed by atoms with Gasteiger partial charge in [-0.25, -0.2) is 0 Å². The predicted molar refractivity (Wildman–Crippen MR) is 71.1 cm³/mol. The van der Waals surface area contributed by atoms with Crippen LogP contribution in [0.4, 0.5) is 0 Å².